The van der Waals surface area contributed by atoms with Crippen molar-refractivity contribution in [2.75, 3.05) is 7.11 Å². The third kappa shape index (κ3) is 2.94. The SMILES string of the molecule is COc1nn(C)c(-c2c(F)cccc2F)c1C(O)c1ccc(F)cc1C. The lowest BCUT2D eigenvalue weighted by atomic mass is 9.94. The average molecular weight is 362 g/mol. The topological polar surface area (TPSA) is 47.3 Å². The number of halogens is 3. The van der Waals surface area contributed by atoms with Crippen molar-refractivity contribution in [2.45, 2.75) is 13.0 Å². The molecule has 3 rings (SSSR count). The predicted octanol–water partition coefficient (Wildman–Crippen LogP) is 3.90. The maximum atomic E-state index is 14.4. The number of hydrogen-bond acceptors (Lipinski definition) is 3. The van der Waals surface area contributed by atoms with Gasteiger partial charge >= 0.3 is 0 Å². The van der Waals surface area contributed by atoms with Crippen LogP contribution in [-0.2, 0) is 7.05 Å². The van der Waals surface area contributed by atoms with Crippen molar-refractivity contribution in [1.29, 1.82) is 0 Å². The number of aromatic nitrogens is 2. The predicted molar refractivity (Wildman–Crippen MR) is 90.3 cm³/mol. The van der Waals surface area contributed by atoms with Gasteiger partial charge in [-0.3, -0.25) is 4.68 Å². The van der Waals surface area contributed by atoms with Gasteiger partial charge in [-0.1, -0.05) is 12.1 Å². The van der Waals surface area contributed by atoms with E-state index in [0.717, 1.165) is 12.1 Å². The first kappa shape index (κ1) is 18.0. The first-order valence-electron chi connectivity index (χ1n) is 7.84. The quantitative estimate of drug-likeness (QED) is 0.766. The van der Waals surface area contributed by atoms with Crippen LogP contribution in [0.5, 0.6) is 5.88 Å². The molecule has 0 aliphatic carbocycles. The van der Waals surface area contributed by atoms with Crippen molar-refractivity contribution in [3.63, 3.8) is 0 Å². The Morgan fingerprint density at radius 3 is 2.35 bits per heavy atom. The molecule has 1 N–H and O–H groups in total. The van der Waals surface area contributed by atoms with Crippen LogP contribution in [0, 0.1) is 24.4 Å². The zero-order chi connectivity index (χ0) is 19.0. The standard InChI is InChI=1S/C19H17F3N2O2/c1-10-9-11(20)7-8-12(10)18(25)16-17(24(2)23-19(16)26-3)15-13(21)5-4-6-14(15)22/h4-9,18,25H,1-3H3. The molecule has 1 unspecified atom stereocenters. The van der Waals surface area contributed by atoms with E-state index >= 15 is 0 Å². The number of methoxy groups -OCH3 is 1. The van der Waals surface area contributed by atoms with Crippen LogP contribution in [0.3, 0.4) is 0 Å². The summed E-state index contributed by atoms with van der Waals surface area (Å²) in [5.41, 5.74) is 0.709. The van der Waals surface area contributed by atoms with Crippen molar-refractivity contribution < 1.29 is 23.0 Å². The number of benzene rings is 2. The third-order valence-corrected chi connectivity index (χ3v) is 4.24. The summed E-state index contributed by atoms with van der Waals surface area (Å²) >= 11 is 0. The highest BCUT2D eigenvalue weighted by Gasteiger charge is 2.29. The van der Waals surface area contributed by atoms with Gasteiger partial charge in [0.15, 0.2) is 0 Å². The van der Waals surface area contributed by atoms with Gasteiger partial charge in [0.05, 0.1) is 23.9 Å². The Hall–Kier alpha value is -2.80. The molecule has 0 radical (unpaired) electrons. The smallest absolute Gasteiger partial charge is 0.239 e. The minimum Gasteiger partial charge on any atom is -0.480 e. The van der Waals surface area contributed by atoms with E-state index in [1.807, 2.05) is 0 Å². The van der Waals surface area contributed by atoms with Gasteiger partial charge in [0.2, 0.25) is 5.88 Å². The molecule has 0 bridgehead atoms. The van der Waals surface area contributed by atoms with Gasteiger partial charge in [-0.2, -0.15) is 0 Å². The minimum atomic E-state index is -1.31. The molecular formula is C19H17F3N2O2. The average Bonchev–Trinajstić information content (AvgIpc) is 2.91. The zero-order valence-corrected chi connectivity index (χ0v) is 14.4. The van der Waals surface area contributed by atoms with E-state index in [1.165, 1.54) is 43.1 Å². The Kier molecular flexibility index (Phi) is 4.73. The molecule has 7 heteroatoms. The highest BCUT2D eigenvalue weighted by atomic mass is 19.1. The Balaban J connectivity index is 2.27. The molecule has 0 amide bonds. The molecule has 1 heterocycles. The number of aryl methyl sites for hydroxylation is 2. The lowest BCUT2D eigenvalue weighted by Crippen LogP contribution is -2.07. The lowest BCUT2D eigenvalue weighted by Gasteiger charge is -2.16. The molecule has 0 aliphatic rings. The largest absolute Gasteiger partial charge is 0.480 e. The summed E-state index contributed by atoms with van der Waals surface area (Å²) < 4.78 is 48.6. The maximum Gasteiger partial charge on any atom is 0.239 e. The number of ether oxygens (including phenoxy) is 1. The van der Waals surface area contributed by atoms with Crippen LogP contribution < -0.4 is 4.74 Å². The number of aliphatic hydroxyl groups is 1. The van der Waals surface area contributed by atoms with E-state index in [4.69, 9.17) is 4.74 Å². The maximum absolute atomic E-state index is 14.4. The van der Waals surface area contributed by atoms with Gasteiger partial charge in [0.25, 0.3) is 0 Å². The molecular weight excluding hydrogens is 345 g/mol. The van der Waals surface area contributed by atoms with Gasteiger partial charge in [0, 0.05) is 7.05 Å². The first-order chi connectivity index (χ1) is 12.3. The number of hydrogen-bond donors (Lipinski definition) is 1. The molecule has 0 saturated carbocycles. The van der Waals surface area contributed by atoms with E-state index in [1.54, 1.807) is 6.92 Å². The van der Waals surface area contributed by atoms with E-state index in [-0.39, 0.29) is 22.7 Å². The fourth-order valence-electron chi connectivity index (χ4n) is 3.03. The molecule has 4 nitrogen and oxygen atoms in total. The third-order valence-electron chi connectivity index (χ3n) is 4.24. The summed E-state index contributed by atoms with van der Waals surface area (Å²) in [5.74, 6) is -2.00. The molecule has 1 aromatic heterocycles. The number of nitrogens with zero attached hydrogens (tertiary/aromatic N) is 2. The summed E-state index contributed by atoms with van der Waals surface area (Å²) in [6.07, 6.45) is -1.31. The molecule has 136 valence electrons. The van der Waals surface area contributed by atoms with Gasteiger partial charge in [0.1, 0.15) is 23.6 Å². The summed E-state index contributed by atoms with van der Waals surface area (Å²) in [4.78, 5) is 0. The number of rotatable bonds is 4. The molecule has 1 atom stereocenters. The molecule has 2 aromatic carbocycles. The first-order valence-corrected chi connectivity index (χ1v) is 7.84. The van der Waals surface area contributed by atoms with Crippen molar-refractivity contribution in [3.05, 3.63) is 70.5 Å². The van der Waals surface area contributed by atoms with Crippen molar-refractivity contribution in [3.8, 4) is 17.1 Å². The molecule has 0 saturated heterocycles. The lowest BCUT2D eigenvalue weighted by molar-refractivity contribution is 0.214. The fraction of sp³-hybridized carbons (Fsp3) is 0.211. The molecule has 26 heavy (non-hydrogen) atoms. The van der Waals surface area contributed by atoms with Gasteiger partial charge in [-0.25, -0.2) is 13.2 Å². The zero-order valence-electron chi connectivity index (χ0n) is 14.4. The number of aliphatic hydroxyl groups excluding tert-OH is 1. The van der Waals surface area contributed by atoms with E-state index in [2.05, 4.69) is 5.10 Å². The van der Waals surface area contributed by atoms with Crippen LogP contribution in [0.1, 0.15) is 22.8 Å². The Labute approximate surface area is 148 Å². The van der Waals surface area contributed by atoms with Gasteiger partial charge < -0.3 is 9.84 Å². The summed E-state index contributed by atoms with van der Waals surface area (Å²) in [6, 6.07) is 7.39. The molecule has 3 aromatic rings. The van der Waals surface area contributed by atoms with Crippen LogP contribution >= 0.6 is 0 Å². The Morgan fingerprint density at radius 1 is 1.12 bits per heavy atom. The fourth-order valence-corrected chi connectivity index (χ4v) is 3.03. The monoisotopic (exact) mass is 362 g/mol. The second-order valence-corrected chi connectivity index (χ2v) is 5.90. The van der Waals surface area contributed by atoms with E-state index < -0.39 is 23.6 Å². The normalized spacial score (nSPS) is 12.3. The van der Waals surface area contributed by atoms with Crippen LogP contribution in [0.2, 0.25) is 0 Å². The van der Waals surface area contributed by atoms with Crippen LogP contribution in [-0.4, -0.2) is 22.0 Å². The van der Waals surface area contributed by atoms with Crippen LogP contribution in [0.4, 0.5) is 13.2 Å². The second-order valence-electron chi connectivity index (χ2n) is 5.90. The molecule has 0 aliphatic heterocycles. The van der Waals surface area contributed by atoms with Crippen molar-refractivity contribution in [2.24, 2.45) is 7.05 Å². The van der Waals surface area contributed by atoms with Gasteiger partial charge in [-0.15, -0.1) is 5.10 Å². The summed E-state index contributed by atoms with van der Waals surface area (Å²) in [5, 5.41) is 15.0. The highest BCUT2D eigenvalue weighted by Crippen LogP contribution is 2.40. The second kappa shape index (κ2) is 6.84. The van der Waals surface area contributed by atoms with Crippen molar-refractivity contribution >= 4 is 0 Å². The van der Waals surface area contributed by atoms with Crippen LogP contribution in [0.25, 0.3) is 11.3 Å². The van der Waals surface area contributed by atoms with Crippen LogP contribution in [0.15, 0.2) is 36.4 Å². The Bertz CT molecular complexity index is 949. The van der Waals surface area contributed by atoms with E-state index in [9.17, 15) is 18.3 Å². The van der Waals surface area contributed by atoms with Crippen molar-refractivity contribution in [1.82, 2.24) is 9.78 Å². The Morgan fingerprint density at radius 2 is 1.77 bits per heavy atom. The highest BCUT2D eigenvalue weighted by molar-refractivity contribution is 5.69. The minimum absolute atomic E-state index is 0.0291. The summed E-state index contributed by atoms with van der Waals surface area (Å²) in [7, 11) is 2.84. The molecule has 0 spiro atoms. The van der Waals surface area contributed by atoms with E-state index in [0.29, 0.717) is 11.1 Å². The van der Waals surface area contributed by atoms with Gasteiger partial charge in [-0.05, 0) is 42.3 Å². The summed E-state index contributed by atoms with van der Waals surface area (Å²) in [6.45, 7) is 1.63. The molecule has 0 fully saturated rings.